The highest BCUT2D eigenvalue weighted by Crippen LogP contribution is 2.29. The molecule has 2 aromatic rings. The van der Waals surface area contributed by atoms with Crippen LogP contribution in [0.2, 0.25) is 0 Å². The second-order valence-corrected chi connectivity index (χ2v) is 5.23. The topological polar surface area (TPSA) is 44.5 Å². The number of methoxy groups -OCH3 is 2. The first kappa shape index (κ1) is 15.4. The average Bonchev–Trinajstić information content (AvgIpc) is 2.53. The predicted molar refractivity (Wildman–Crippen MR) is 86.2 cm³/mol. The van der Waals surface area contributed by atoms with Gasteiger partial charge in [0.1, 0.15) is 11.5 Å². The molecule has 2 rings (SSSR count). The minimum atomic E-state index is 0.270. The zero-order valence-electron chi connectivity index (χ0n) is 12.9. The number of hydrogen-bond donors (Lipinski definition) is 1. The summed E-state index contributed by atoms with van der Waals surface area (Å²) in [4.78, 5) is 0. The Hall–Kier alpha value is -2.00. The van der Waals surface area contributed by atoms with Crippen molar-refractivity contribution in [3.05, 3.63) is 59.2 Å². The number of nitrogens with two attached hydrogens (primary N) is 1. The molecule has 0 spiro atoms. The van der Waals surface area contributed by atoms with E-state index in [1.54, 1.807) is 14.2 Å². The number of hydrogen-bond acceptors (Lipinski definition) is 3. The van der Waals surface area contributed by atoms with Gasteiger partial charge in [0.25, 0.3) is 0 Å². The molecule has 2 N–H and O–H groups in total. The first-order chi connectivity index (χ1) is 10.2. The second-order valence-electron chi connectivity index (χ2n) is 5.23. The minimum absolute atomic E-state index is 0.270. The Balaban J connectivity index is 2.27. The molecule has 1 atom stereocenters. The third kappa shape index (κ3) is 3.76. The van der Waals surface area contributed by atoms with Gasteiger partial charge in [-0.05, 0) is 49.2 Å². The summed E-state index contributed by atoms with van der Waals surface area (Å²) in [6.07, 6.45) is 0.833. The molecule has 0 aliphatic carbocycles. The predicted octanol–water partition coefficient (Wildman–Crippen LogP) is 3.30. The first-order valence-electron chi connectivity index (χ1n) is 7.15. The molecule has 3 nitrogen and oxygen atoms in total. The van der Waals surface area contributed by atoms with Crippen LogP contribution in [0.5, 0.6) is 11.5 Å². The van der Waals surface area contributed by atoms with E-state index < -0.39 is 0 Å². The van der Waals surface area contributed by atoms with E-state index in [4.69, 9.17) is 15.2 Å². The highest BCUT2D eigenvalue weighted by atomic mass is 16.5. The summed E-state index contributed by atoms with van der Waals surface area (Å²) in [7, 11) is 3.36. The van der Waals surface area contributed by atoms with Crippen molar-refractivity contribution in [2.75, 3.05) is 20.8 Å². The SMILES string of the molecule is COc1ccc(OC)c(CC(CN)c2ccc(C)cc2)c1. The van der Waals surface area contributed by atoms with E-state index in [1.165, 1.54) is 11.1 Å². The molecule has 0 saturated heterocycles. The van der Waals surface area contributed by atoms with Crippen molar-refractivity contribution in [2.24, 2.45) is 5.73 Å². The van der Waals surface area contributed by atoms with Crippen molar-refractivity contribution < 1.29 is 9.47 Å². The van der Waals surface area contributed by atoms with E-state index in [9.17, 15) is 0 Å². The van der Waals surface area contributed by atoms with Crippen LogP contribution in [0.25, 0.3) is 0 Å². The van der Waals surface area contributed by atoms with Gasteiger partial charge in [0.2, 0.25) is 0 Å². The molecule has 2 aromatic carbocycles. The Kier molecular flexibility index (Phi) is 5.23. The molecule has 0 aromatic heterocycles. The van der Waals surface area contributed by atoms with Crippen LogP contribution in [0, 0.1) is 6.92 Å². The number of aryl methyl sites for hydroxylation is 1. The molecular weight excluding hydrogens is 262 g/mol. The third-order valence-corrected chi connectivity index (χ3v) is 3.79. The van der Waals surface area contributed by atoms with Gasteiger partial charge in [-0.2, -0.15) is 0 Å². The Morgan fingerprint density at radius 2 is 1.71 bits per heavy atom. The van der Waals surface area contributed by atoms with Gasteiger partial charge in [-0.3, -0.25) is 0 Å². The van der Waals surface area contributed by atoms with Gasteiger partial charge >= 0.3 is 0 Å². The van der Waals surface area contributed by atoms with Crippen LogP contribution in [0.1, 0.15) is 22.6 Å². The summed E-state index contributed by atoms with van der Waals surface area (Å²) < 4.78 is 10.8. The Morgan fingerprint density at radius 1 is 1.00 bits per heavy atom. The fraction of sp³-hybridized carbons (Fsp3) is 0.333. The molecule has 112 valence electrons. The molecule has 0 radical (unpaired) electrons. The fourth-order valence-electron chi connectivity index (χ4n) is 2.48. The molecule has 0 aliphatic heterocycles. The summed E-state index contributed by atoms with van der Waals surface area (Å²) >= 11 is 0. The first-order valence-corrected chi connectivity index (χ1v) is 7.15. The molecule has 0 amide bonds. The lowest BCUT2D eigenvalue weighted by Crippen LogP contribution is -2.15. The van der Waals surface area contributed by atoms with Crippen LogP contribution in [-0.2, 0) is 6.42 Å². The second kappa shape index (κ2) is 7.14. The van der Waals surface area contributed by atoms with Crippen molar-refractivity contribution in [1.82, 2.24) is 0 Å². The van der Waals surface area contributed by atoms with Gasteiger partial charge in [0.15, 0.2) is 0 Å². The molecular formula is C18H23NO2. The van der Waals surface area contributed by atoms with E-state index >= 15 is 0 Å². The number of benzene rings is 2. The Morgan fingerprint density at radius 3 is 2.29 bits per heavy atom. The van der Waals surface area contributed by atoms with Crippen molar-refractivity contribution in [1.29, 1.82) is 0 Å². The maximum Gasteiger partial charge on any atom is 0.122 e. The fourth-order valence-corrected chi connectivity index (χ4v) is 2.48. The van der Waals surface area contributed by atoms with E-state index in [-0.39, 0.29) is 5.92 Å². The summed E-state index contributed by atoms with van der Waals surface area (Å²) in [6.45, 7) is 2.69. The van der Waals surface area contributed by atoms with Crippen LogP contribution in [0.4, 0.5) is 0 Å². The van der Waals surface area contributed by atoms with E-state index in [0.29, 0.717) is 6.54 Å². The Labute approximate surface area is 126 Å². The van der Waals surface area contributed by atoms with Crippen LogP contribution in [0.3, 0.4) is 0 Å². The smallest absolute Gasteiger partial charge is 0.122 e. The molecule has 0 heterocycles. The van der Waals surface area contributed by atoms with Crippen molar-refractivity contribution in [2.45, 2.75) is 19.3 Å². The molecule has 0 saturated carbocycles. The third-order valence-electron chi connectivity index (χ3n) is 3.79. The molecule has 21 heavy (non-hydrogen) atoms. The summed E-state index contributed by atoms with van der Waals surface area (Å²) in [6, 6.07) is 14.4. The number of rotatable bonds is 6. The zero-order valence-corrected chi connectivity index (χ0v) is 12.9. The number of ether oxygens (including phenoxy) is 2. The maximum atomic E-state index is 5.98. The van der Waals surface area contributed by atoms with E-state index in [1.807, 2.05) is 18.2 Å². The lowest BCUT2D eigenvalue weighted by molar-refractivity contribution is 0.397. The van der Waals surface area contributed by atoms with Crippen molar-refractivity contribution in [3.63, 3.8) is 0 Å². The molecule has 0 fully saturated rings. The largest absolute Gasteiger partial charge is 0.497 e. The molecule has 0 aliphatic rings. The van der Waals surface area contributed by atoms with Crippen LogP contribution < -0.4 is 15.2 Å². The highest BCUT2D eigenvalue weighted by Gasteiger charge is 2.14. The van der Waals surface area contributed by atoms with Crippen molar-refractivity contribution in [3.8, 4) is 11.5 Å². The maximum absolute atomic E-state index is 5.98. The van der Waals surface area contributed by atoms with E-state index in [0.717, 1.165) is 23.5 Å². The Bertz CT molecular complexity index is 578. The van der Waals surface area contributed by atoms with Gasteiger partial charge in [-0.15, -0.1) is 0 Å². The molecule has 0 bridgehead atoms. The summed E-state index contributed by atoms with van der Waals surface area (Å²) in [5.41, 5.74) is 9.61. The summed E-state index contributed by atoms with van der Waals surface area (Å²) in [5.74, 6) is 1.98. The lowest BCUT2D eigenvalue weighted by atomic mass is 9.91. The lowest BCUT2D eigenvalue weighted by Gasteiger charge is -2.18. The molecule has 1 unspecified atom stereocenters. The van der Waals surface area contributed by atoms with Gasteiger partial charge in [0, 0.05) is 5.92 Å². The van der Waals surface area contributed by atoms with E-state index in [2.05, 4.69) is 31.2 Å². The van der Waals surface area contributed by atoms with Crippen LogP contribution in [-0.4, -0.2) is 20.8 Å². The van der Waals surface area contributed by atoms with Gasteiger partial charge in [-0.25, -0.2) is 0 Å². The molecule has 3 heteroatoms. The average molecular weight is 285 g/mol. The standard InChI is InChI=1S/C18H23NO2/c1-13-4-6-14(7-5-13)16(12-19)10-15-11-17(20-2)8-9-18(15)21-3/h4-9,11,16H,10,12,19H2,1-3H3. The van der Waals surface area contributed by atoms with Gasteiger partial charge in [-0.1, -0.05) is 29.8 Å². The highest BCUT2D eigenvalue weighted by molar-refractivity contribution is 5.41. The van der Waals surface area contributed by atoms with Gasteiger partial charge in [0.05, 0.1) is 14.2 Å². The van der Waals surface area contributed by atoms with Crippen LogP contribution in [0.15, 0.2) is 42.5 Å². The van der Waals surface area contributed by atoms with Crippen LogP contribution >= 0.6 is 0 Å². The summed E-state index contributed by atoms with van der Waals surface area (Å²) in [5, 5.41) is 0. The normalized spacial score (nSPS) is 12.0. The minimum Gasteiger partial charge on any atom is -0.497 e. The van der Waals surface area contributed by atoms with Gasteiger partial charge < -0.3 is 15.2 Å². The van der Waals surface area contributed by atoms with Crippen molar-refractivity contribution >= 4 is 0 Å². The zero-order chi connectivity index (χ0) is 15.2. The quantitative estimate of drug-likeness (QED) is 0.885. The monoisotopic (exact) mass is 285 g/mol.